The van der Waals surface area contributed by atoms with E-state index in [-0.39, 0.29) is 11.0 Å². The maximum Gasteiger partial charge on any atom is 0.307 e. The summed E-state index contributed by atoms with van der Waals surface area (Å²) in [5, 5.41) is 9.37. The lowest BCUT2D eigenvalue weighted by Gasteiger charge is -2.20. The van der Waals surface area contributed by atoms with Crippen LogP contribution < -0.4 is 0 Å². The van der Waals surface area contributed by atoms with Crippen molar-refractivity contribution in [3.8, 4) is 11.1 Å². The molecule has 120 valence electrons. The summed E-state index contributed by atoms with van der Waals surface area (Å²) in [7, 11) is 0. The van der Waals surface area contributed by atoms with Gasteiger partial charge in [0.2, 0.25) is 0 Å². The first-order valence-electron chi connectivity index (χ1n) is 7.50. The van der Waals surface area contributed by atoms with Gasteiger partial charge in [0, 0.05) is 12.7 Å². The number of carbonyl (C=O) groups is 2. The molecule has 0 aliphatic rings. The van der Waals surface area contributed by atoms with Gasteiger partial charge in [0.15, 0.2) is 5.12 Å². The van der Waals surface area contributed by atoms with Crippen LogP contribution in [-0.2, 0) is 9.59 Å². The third kappa shape index (κ3) is 4.70. The Morgan fingerprint density at radius 2 is 1.57 bits per heavy atom. The van der Waals surface area contributed by atoms with E-state index in [1.165, 1.54) is 6.92 Å². The van der Waals surface area contributed by atoms with Crippen LogP contribution in [0.15, 0.2) is 54.6 Å². The van der Waals surface area contributed by atoms with E-state index in [1.54, 1.807) is 0 Å². The quantitative estimate of drug-likeness (QED) is 0.852. The maximum absolute atomic E-state index is 11.5. The molecule has 0 spiro atoms. The monoisotopic (exact) mass is 328 g/mol. The molecule has 0 fully saturated rings. The Labute approximate surface area is 140 Å². The first-order chi connectivity index (χ1) is 11.0. The Morgan fingerprint density at radius 1 is 1.00 bits per heavy atom. The summed E-state index contributed by atoms with van der Waals surface area (Å²) in [5.41, 5.74) is 3.21. The molecule has 0 aliphatic heterocycles. The molecule has 0 aromatic heterocycles. The van der Waals surface area contributed by atoms with Crippen LogP contribution in [0.25, 0.3) is 11.1 Å². The second-order valence-corrected chi connectivity index (χ2v) is 6.72. The predicted octanol–water partition coefficient (Wildman–Crippen LogP) is 4.44. The van der Waals surface area contributed by atoms with Crippen LogP contribution in [0.4, 0.5) is 0 Å². The fourth-order valence-corrected chi connectivity index (χ4v) is 3.32. The Balaban J connectivity index is 2.16. The van der Waals surface area contributed by atoms with Crippen molar-refractivity contribution >= 4 is 22.8 Å². The van der Waals surface area contributed by atoms with Crippen LogP contribution in [0.5, 0.6) is 0 Å². The molecular formula is C19H20O3S. The van der Waals surface area contributed by atoms with Gasteiger partial charge in [0.05, 0.1) is 5.92 Å². The Morgan fingerprint density at radius 3 is 2.09 bits per heavy atom. The minimum absolute atomic E-state index is 0.0529. The van der Waals surface area contributed by atoms with Gasteiger partial charge >= 0.3 is 5.97 Å². The Bertz CT molecular complexity index is 665. The van der Waals surface area contributed by atoms with E-state index in [4.69, 9.17) is 0 Å². The number of benzene rings is 2. The SMILES string of the molecule is CC(=O)SC[C@@H](C(=O)O)[C@@H](C)c1ccc(-c2ccccc2)cc1. The summed E-state index contributed by atoms with van der Waals surface area (Å²) >= 11 is 1.07. The van der Waals surface area contributed by atoms with Crippen LogP contribution in [0, 0.1) is 5.92 Å². The van der Waals surface area contributed by atoms with Crippen molar-refractivity contribution in [2.24, 2.45) is 5.92 Å². The Kier molecular flexibility index (Phi) is 5.99. The van der Waals surface area contributed by atoms with Gasteiger partial charge in [-0.25, -0.2) is 0 Å². The van der Waals surface area contributed by atoms with Crippen LogP contribution in [-0.4, -0.2) is 21.9 Å². The van der Waals surface area contributed by atoms with Crippen molar-refractivity contribution < 1.29 is 14.7 Å². The molecule has 23 heavy (non-hydrogen) atoms. The van der Waals surface area contributed by atoms with E-state index in [0.29, 0.717) is 5.75 Å². The van der Waals surface area contributed by atoms with E-state index >= 15 is 0 Å². The van der Waals surface area contributed by atoms with Crippen LogP contribution in [0.2, 0.25) is 0 Å². The fraction of sp³-hybridized carbons (Fsp3) is 0.263. The summed E-state index contributed by atoms with van der Waals surface area (Å²) < 4.78 is 0. The smallest absolute Gasteiger partial charge is 0.307 e. The molecule has 0 unspecified atom stereocenters. The van der Waals surface area contributed by atoms with Crippen molar-refractivity contribution in [1.29, 1.82) is 0 Å². The molecule has 0 heterocycles. The van der Waals surface area contributed by atoms with Gasteiger partial charge in [0.1, 0.15) is 0 Å². The maximum atomic E-state index is 11.5. The van der Waals surface area contributed by atoms with E-state index in [0.717, 1.165) is 28.5 Å². The average Bonchev–Trinajstić information content (AvgIpc) is 2.55. The Hall–Kier alpha value is -2.07. The predicted molar refractivity (Wildman–Crippen MR) is 94.6 cm³/mol. The number of carboxylic acid groups (broad SMARTS) is 1. The van der Waals surface area contributed by atoms with E-state index < -0.39 is 11.9 Å². The third-order valence-electron chi connectivity index (χ3n) is 3.93. The molecule has 0 radical (unpaired) electrons. The summed E-state index contributed by atoms with van der Waals surface area (Å²) in [6, 6.07) is 18.0. The second kappa shape index (κ2) is 7.97. The zero-order valence-electron chi connectivity index (χ0n) is 13.2. The van der Waals surface area contributed by atoms with Crippen molar-refractivity contribution in [3.63, 3.8) is 0 Å². The second-order valence-electron chi connectivity index (χ2n) is 5.52. The normalized spacial score (nSPS) is 13.3. The average molecular weight is 328 g/mol. The van der Waals surface area contributed by atoms with Gasteiger partial charge in [-0.05, 0) is 22.6 Å². The third-order valence-corrected chi connectivity index (χ3v) is 4.86. The number of carboxylic acids is 1. The van der Waals surface area contributed by atoms with E-state index in [9.17, 15) is 14.7 Å². The molecule has 2 atom stereocenters. The van der Waals surface area contributed by atoms with Gasteiger partial charge in [-0.2, -0.15) is 0 Å². The number of thioether (sulfide) groups is 1. The zero-order chi connectivity index (χ0) is 16.8. The number of hydrogen-bond donors (Lipinski definition) is 1. The summed E-state index contributed by atoms with van der Waals surface area (Å²) in [6.07, 6.45) is 0. The van der Waals surface area contributed by atoms with Gasteiger partial charge in [-0.15, -0.1) is 0 Å². The fourth-order valence-electron chi connectivity index (χ4n) is 2.48. The highest BCUT2D eigenvalue weighted by molar-refractivity contribution is 8.13. The standard InChI is InChI=1S/C19H20O3S/c1-13(18(19(21)22)12-23-14(2)20)15-8-10-17(11-9-15)16-6-4-3-5-7-16/h3-11,13,18H,12H2,1-2H3,(H,21,22)/t13-,18+/m0/s1. The van der Waals surface area contributed by atoms with Crippen LogP contribution in [0.1, 0.15) is 25.3 Å². The first kappa shape index (κ1) is 17.3. The molecule has 0 aliphatic carbocycles. The molecule has 0 bridgehead atoms. The highest BCUT2D eigenvalue weighted by atomic mass is 32.2. The molecule has 3 nitrogen and oxygen atoms in total. The zero-order valence-corrected chi connectivity index (χ0v) is 14.0. The van der Waals surface area contributed by atoms with Crippen molar-refractivity contribution in [2.45, 2.75) is 19.8 Å². The number of hydrogen-bond acceptors (Lipinski definition) is 3. The molecule has 2 aromatic carbocycles. The van der Waals surface area contributed by atoms with Gasteiger partial charge in [0.25, 0.3) is 0 Å². The number of aliphatic carboxylic acids is 1. The van der Waals surface area contributed by atoms with Crippen molar-refractivity contribution in [1.82, 2.24) is 0 Å². The molecule has 0 saturated carbocycles. The van der Waals surface area contributed by atoms with Gasteiger partial charge < -0.3 is 5.11 Å². The minimum atomic E-state index is -0.863. The molecule has 2 aromatic rings. The van der Waals surface area contributed by atoms with Crippen molar-refractivity contribution in [2.75, 3.05) is 5.75 Å². The van der Waals surface area contributed by atoms with E-state index in [2.05, 4.69) is 0 Å². The lowest BCUT2D eigenvalue weighted by atomic mass is 9.88. The molecule has 1 N–H and O–H groups in total. The summed E-state index contributed by atoms with van der Waals surface area (Å²) in [6.45, 7) is 3.36. The molecule has 4 heteroatoms. The number of carbonyl (C=O) groups excluding carboxylic acids is 1. The van der Waals surface area contributed by atoms with Crippen LogP contribution >= 0.6 is 11.8 Å². The molecule has 2 rings (SSSR count). The van der Waals surface area contributed by atoms with Gasteiger partial charge in [-0.1, -0.05) is 73.3 Å². The largest absolute Gasteiger partial charge is 0.481 e. The first-order valence-corrected chi connectivity index (χ1v) is 8.49. The van der Waals surface area contributed by atoms with E-state index in [1.807, 2.05) is 61.5 Å². The minimum Gasteiger partial charge on any atom is -0.481 e. The highest BCUT2D eigenvalue weighted by Crippen LogP contribution is 2.29. The molecule has 0 amide bonds. The topological polar surface area (TPSA) is 54.4 Å². The van der Waals surface area contributed by atoms with Crippen LogP contribution in [0.3, 0.4) is 0 Å². The van der Waals surface area contributed by atoms with Crippen molar-refractivity contribution in [3.05, 3.63) is 60.2 Å². The lowest BCUT2D eigenvalue weighted by molar-refractivity contribution is -0.141. The highest BCUT2D eigenvalue weighted by Gasteiger charge is 2.26. The number of rotatable bonds is 6. The summed E-state index contributed by atoms with van der Waals surface area (Å²) in [4.78, 5) is 22.6. The molecule has 0 saturated heterocycles. The summed E-state index contributed by atoms with van der Waals surface area (Å²) in [5.74, 6) is -1.29. The van der Waals surface area contributed by atoms with Gasteiger partial charge in [-0.3, -0.25) is 9.59 Å². The lowest BCUT2D eigenvalue weighted by Crippen LogP contribution is -2.23. The molecular weight excluding hydrogens is 308 g/mol.